The molecule has 5 rings (SSSR count). The molecule has 6 heteroatoms. The van der Waals surface area contributed by atoms with E-state index in [-0.39, 0.29) is 0 Å². The first-order valence-electron chi connectivity index (χ1n) is 12.5. The van der Waals surface area contributed by atoms with Crippen LogP contribution in [0.2, 0.25) is 5.02 Å². The predicted octanol–water partition coefficient (Wildman–Crippen LogP) is 7.20. The first-order valence-corrected chi connectivity index (χ1v) is 14.7. The molecule has 0 aliphatic rings. The average molecular weight is 548 g/mol. The Kier molecular flexibility index (Phi) is 8.17. The van der Waals surface area contributed by atoms with Gasteiger partial charge in [-0.1, -0.05) is 96.5 Å². The van der Waals surface area contributed by atoms with Crippen LogP contribution in [0.3, 0.4) is 0 Å². The van der Waals surface area contributed by atoms with Gasteiger partial charge < -0.3 is 0 Å². The van der Waals surface area contributed by atoms with Crippen molar-refractivity contribution in [2.24, 2.45) is 10.2 Å². The molecule has 0 fully saturated rings. The van der Waals surface area contributed by atoms with E-state index in [1.165, 1.54) is 0 Å². The van der Waals surface area contributed by atoms with Gasteiger partial charge in [-0.05, 0) is 60.7 Å². The Bertz CT molecular complexity index is 1480. The third-order valence-corrected chi connectivity index (χ3v) is 11.1. The molecule has 5 aromatic rings. The van der Waals surface area contributed by atoms with Crippen LogP contribution in [-0.2, 0) is 4.79 Å². The highest BCUT2D eigenvalue weighted by molar-refractivity contribution is 7.97. The van der Waals surface area contributed by atoms with Crippen LogP contribution in [0.1, 0.15) is 10.4 Å². The smallest absolute Gasteiger partial charge is 0.268 e. The van der Waals surface area contributed by atoms with Crippen molar-refractivity contribution in [1.82, 2.24) is 0 Å². The molecule has 0 saturated carbocycles. The lowest BCUT2D eigenvalue weighted by atomic mass is 10.1. The van der Waals surface area contributed by atoms with Crippen molar-refractivity contribution >= 4 is 52.0 Å². The molecule has 39 heavy (non-hydrogen) atoms. The highest BCUT2D eigenvalue weighted by Gasteiger charge is 2.57. The normalized spacial score (nSPS) is 12.2. The molecule has 0 N–H and O–H groups in total. The molecule has 190 valence electrons. The Morgan fingerprint density at radius 1 is 0.564 bits per heavy atom. The van der Waals surface area contributed by atoms with Gasteiger partial charge in [0, 0.05) is 10.6 Å². The number of Topliss-reactive ketones (excluding diaryl/α,β-unsaturated/α-hetero) is 2. The van der Waals surface area contributed by atoms with E-state index < -0.39 is 24.6 Å². The highest BCUT2D eigenvalue weighted by Crippen LogP contribution is 2.60. The van der Waals surface area contributed by atoms with Gasteiger partial charge in [0.05, 0.1) is 5.69 Å². The summed E-state index contributed by atoms with van der Waals surface area (Å²) < 4.78 is 0. The Balaban J connectivity index is 1.81. The van der Waals surface area contributed by atoms with E-state index in [1.807, 2.05) is 97.1 Å². The lowest BCUT2D eigenvalue weighted by Gasteiger charge is -2.30. The summed E-state index contributed by atoms with van der Waals surface area (Å²) >= 11 is 6.08. The first kappa shape index (κ1) is 26.4. The highest BCUT2D eigenvalue weighted by atomic mass is 35.5. The van der Waals surface area contributed by atoms with E-state index in [0.717, 1.165) is 15.9 Å². The quantitative estimate of drug-likeness (QED) is 0.0848. The largest absolute Gasteiger partial charge is 0.285 e. The van der Waals surface area contributed by atoms with Crippen LogP contribution in [0.4, 0.5) is 5.69 Å². The number of azo groups is 1. The molecular weight excluding hydrogens is 523 g/mol. The second kappa shape index (κ2) is 12.1. The second-order valence-electron chi connectivity index (χ2n) is 8.85. The van der Waals surface area contributed by atoms with Gasteiger partial charge in [0.1, 0.15) is 23.2 Å². The summed E-state index contributed by atoms with van der Waals surface area (Å²) in [5.74, 6) is -2.31. The van der Waals surface area contributed by atoms with Gasteiger partial charge in [-0.2, -0.15) is 5.11 Å². The van der Waals surface area contributed by atoms with Gasteiger partial charge >= 0.3 is 0 Å². The zero-order valence-corrected chi connectivity index (χ0v) is 22.6. The molecule has 0 radical (unpaired) electrons. The minimum Gasteiger partial charge on any atom is -0.285 e. The van der Waals surface area contributed by atoms with E-state index in [1.54, 1.807) is 48.5 Å². The number of ketones is 2. The van der Waals surface area contributed by atoms with E-state index >= 15 is 0 Å². The average Bonchev–Trinajstić information content (AvgIpc) is 3.01. The van der Waals surface area contributed by atoms with E-state index in [2.05, 4.69) is 5.11 Å². The summed E-state index contributed by atoms with van der Waals surface area (Å²) in [5, 5.41) is 12.6. The van der Waals surface area contributed by atoms with Crippen molar-refractivity contribution in [1.29, 1.82) is 0 Å². The fraction of sp³-hybridized carbons (Fsp3) is 0.0303. The molecule has 0 aliphatic heterocycles. The van der Waals surface area contributed by atoms with Crippen LogP contribution in [0.15, 0.2) is 156 Å². The molecule has 0 spiro atoms. The third-order valence-electron chi connectivity index (χ3n) is 6.46. The van der Waals surface area contributed by atoms with Gasteiger partial charge in [0.25, 0.3) is 11.6 Å². The standard InChI is InChI=1S/C33H25ClN2O2P/c34-26-21-23-27(24-22-26)35-36-33(32(38)31(37)25-13-5-1-6-14-25)39(28-15-7-2-8-16-28,29-17-9-3-10-18-29)30-19-11-4-12-20-30/h1-24,33H/q+1. The van der Waals surface area contributed by atoms with Crippen molar-refractivity contribution in [3.05, 3.63) is 156 Å². The molecule has 4 nitrogen and oxygen atoms in total. The molecule has 0 heterocycles. The Hall–Kier alpha value is -4.24. The fourth-order valence-corrected chi connectivity index (χ4v) is 9.11. The summed E-state index contributed by atoms with van der Waals surface area (Å²) in [6.45, 7) is 0. The Morgan fingerprint density at radius 2 is 0.974 bits per heavy atom. The summed E-state index contributed by atoms with van der Waals surface area (Å²) in [5.41, 5.74) is 0.859. The zero-order valence-electron chi connectivity index (χ0n) is 21.0. The van der Waals surface area contributed by atoms with Crippen molar-refractivity contribution in [3.63, 3.8) is 0 Å². The van der Waals surface area contributed by atoms with Crippen molar-refractivity contribution in [2.45, 2.75) is 5.78 Å². The molecule has 0 aliphatic carbocycles. The van der Waals surface area contributed by atoms with Crippen LogP contribution >= 0.6 is 18.9 Å². The van der Waals surface area contributed by atoms with Crippen molar-refractivity contribution in [3.8, 4) is 0 Å². The van der Waals surface area contributed by atoms with Crippen LogP contribution in [0.5, 0.6) is 0 Å². The number of nitrogens with zero attached hydrogens (tertiary/aromatic N) is 2. The number of halogens is 1. The Labute approximate surface area is 233 Å². The molecular formula is C33H25ClN2O2P+. The number of carbonyl (C=O) groups excluding carboxylic acids is 2. The first-order chi connectivity index (χ1) is 19.1. The zero-order chi connectivity index (χ0) is 27.1. The van der Waals surface area contributed by atoms with Crippen LogP contribution in [0, 0.1) is 0 Å². The summed E-state index contributed by atoms with van der Waals surface area (Å²) in [7, 11) is -2.90. The van der Waals surface area contributed by atoms with Gasteiger partial charge in [-0.25, -0.2) is 0 Å². The molecule has 0 bridgehead atoms. The number of carbonyl (C=O) groups is 2. The van der Waals surface area contributed by atoms with Crippen molar-refractivity contribution < 1.29 is 9.59 Å². The Morgan fingerprint density at radius 3 is 1.41 bits per heavy atom. The maximum atomic E-state index is 14.4. The molecule has 0 aromatic heterocycles. The minimum atomic E-state index is -2.90. The van der Waals surface area contributed by atoms with Crippen LogP contribution < -0.4 is 15.9 Å². The summed E-state index contributed by atoms with van der Waals surface area (Å²) in [4.78, 5) is 28.1. The number of hydrogen-bond acceptors (Lipinski definition) is 4. The minimum absolute atomic E-state index is 0.321. The molecule has 5 aromatic carbocycles. The topological polar surface area (TPSA) is 58.9 Å². The monoisotopic (exact) mass is 547 g/mol. The number of rotatable bonds is 9. The van der Waals surface area contributed by atoms with Gasteiger partial charge in [-0.3, -0.25) is 9.59 Å². The summed E-state index contributed by atoms with van der Waals surface area (Å²) in [6.07, 6.45) is 0. The predicted molar refractivity (Wildman–Crippen MR) is 161 cm³/mol. The summed E-state index contributed by atoms with van der Waals surface area (Å²) in [6, 6.07) is 45.1. The van der Waals surface area contributed by atoms with Crippen LogP contribution in [-0.4, -0.2) is 17.3 Å². The van der Waals surface area contributed by atoms with Crippen LogP contribution in [0.25, 0.3) is 0 Å². The molecule has 0 saturated heterocycles. The molecule has 1 atom stereocenters. The lowest BCUT2D eigenvalue weighted by Crippen LogP contribution is -2.43. The lowest BCUT2D eigenvalue weighted by molar-refractivity contribution is -0.114. The maximum absolute atomic E-state index is 14.4. The number of benzene rings is 5. The molecule has 0 amide bonds. The van der Waals surface area contributed by atoms with E-state index in [9.17, 15) is 9.59 Å². The molecule has 1 unspecified atom stereocenters. The number of hydrogen-bond donors (Lipinski definition) is 0. The maximum Gasteiger partial charge on any atom is 0.268 e. The van der Waals surface area contributed by atoms with Crippen molar-refractivity contribution in [2.75, 3.05) is 0 Å². The second-order valence-corrected chi connectivity index (χ2v) is 12.8. The third kappa shape index (κ3) is 5.49. The fourth-order valence-electron chi connectivity index (χ4n) is 4.64. The van der Waals surface area contributed by atoms with Gasteiger partial charge in [0.2, 0.25) is 5.78 Å². The van der Waals surface area contributed by atoms with Gasteiger partial charge in [-0.15, -0.1) is 5.11 Å². The van der Waals surface area contributed by atoms with E-state index in [0.29, 0.717) is 16.3 Å². The van der Waals surface area contributed by atoms with Gasteiger partial charge in [0.15, 0.2) is 0 Å². The van der Waals surface area contributed by atoms with E-state index in [4.69, 9.17) is 16.7 Å². The SMILES string of the molecule is O=C(C(=O)C(N=Nc1ccc(Cl)cc1)[P+](c1ccccc1)(c1ccccc1)c1ccccc1)c1ccccc1.